The molecule has 2 aromatic rings. The minimum absolute atomic E-state index is 0.211. The molecule has 6 nitrogen and oxygen atoms in total. The van der Waals surface area contributed by atoms with Crippen molar-refractivity contribution in [2.45, 2.75) is 38.1 Å². The first-order chi connectivity index (χ1) is 13.4. The Kier molecular flexibility index (Phi) is 6.36. The molecule has 1 fully saturated rings. The molecule has 0 atom stereocenters. The molecule has 1 N–H and O–H groups in total. The highest BCUT2D eigenvalue weighted by Gasteiger charge is 2.29. The average Bonchev–Trinajstić information content (AvgIpc) is 3.23. The van der Waals surface area contributed by atoms with Crippen molar-refractivity contribution in [3.8, 4) is 5.75 Å². The van der Waals surface area contributed by atoms with Gasteiger partial charge in [0, 0.05) is 25.2 Å². The monoisotopic (exact) mass is 402 g/mol. The minimum Gasteiger partial charge on any atom is -0.494 e. The van der Waals surface area contributed by atoms with Gasteiger partial charge in [-0.15, -0.1) is 0 Å². The first-order valence-electron chi connectivity index (χ1n) is 9.52. The zero-order chi connectivity index (χ0) is 20.1. The first kappa shape index (κ1) is 20.4. The number of aryl methyl sites for hydroxylation is 1. The highest BCUT2D eigenvalue weighted by atomic mass is 32.2. The Morgan fingerprint density at radius 2 is 1.79 bits per heavy atom. The van der Waals surface area contributed by atoms with E-state index in [9.17, 15) is 13.2 Å². The Morgan fingerprint density at radius 3 is 2.43 bits per heavy atom. The molecule has 0 aromatic heterocycles. The summed E-state index contributed by atoms with van der Waals surface area (Å²) in [5, 5.41) is 2.85. The molecule has 0 bridgehead atoms. The second-order valence-corrected chi connectivity index (χ2v) is 8.76. The lowest BCUT2D eigenvalue weighted by molar-refractivity contribution is 0.0950. The molecular formula is C21H26N2O4S. The maximum atomic E-state index is 12.9. The number of nitrogens with one attached hydrogen (secondary N) is 1. The lowest BCUT2D eigenvalue weighted by Crippen LogP contribution is -2.29. The van der Waals surface area contributed by atoms with E-state index < -0.39 is 10.0 Å². The fraction of sp³-hybridized carbons (Fsp3) is 0.381. The molecule has 0 unspecified atom stereocenters. The van der Waals surface area contributed by atoms with Gasteiger partial charge >= 0.3 is 0 Å². The first-order valence-corrected chi connectivity index (χ1v) is 11.0. The summed E-state index contributed by atoms with van der Waals surface area (Å²) in [6.45, 7) is 5.71. The molecule has 1 saturated heterocycles. The Labute approximate surface area is 166 Å². The summed E-state index contributed by atoms with van der Waals surface area (Å²) in [5.41, 5.74) is 1.93. The summed E-state index contributed by atoms with van der Waals surface area (Å²) in [5.74, 6) is 0.486. The predicted molar refractivity (Wildman–Crippen MR) is 108 cm³/mol. The van der Waals surface area contributed by atoms with Gasteiger partial charge in [-0.25, -0.2) is 8.42 Å². The van der Waals surface area contributed by atoms with Crippen LogP contribution in [0.1, 0.15) is 41.3 Å². The fourth-order valence-electron chi connectivity index (χ4n) is 3.24. The number of carbonyl (C=O) groups excluding carboxylic acids is 1. The number of hydrogen-bond donors (Lipinski definition) is 1. The number of ether oxygens (including phenoxy) is 1. The van der Waals surface area contributed by atoms with Crippen LogP contribution in [0.5, 0.6) is 5.75 Å². The maximum Gasteiger partial charge on any atom is 0.251 e. The largest absolute Gasteiger partial charge is 0.494 e. The molecular weight excluding hydrogens is 376 g/mol. The molecule has 0 saturated carbocycles. The van der Waals surface area contributed by atoms with Crippen molar-refractivity contribution < 1.29 is 17.9 Å². The van der Waals surface area contributed by atoms with Crippen LogP contribution >= 0.6 is 0 Å². The predicted octanol–water partition coefficient (Wildman–Crippen LogP) is 3.11. The van der Waals surface area contributed by atoms with Crippen LogP contribution in [-0.2, 0) is 16.6 Å². The van der Waals surface area contributed by atoms with Gasteiger partial charge in [0.2, 0.25) is 10.0 Å². The second-order valence-electron chi connectivity index (χ2n) is 6.85. The molecule has 0 spiro atoms. The molecule has 0 radical (unpaired) electrons. The van der Waals surface area contributed by atoms with Crippen LogP contribution in [0.15, 0.2) is 47.4 Å². The van der Waals surface area contributed by atoms with Crippen molar-refractivity contribution in [2.75, 3.05) is 19.7 Å². The van der Waals surface area contributed by atoms with Gasteiger partial charge < -0.3 is 10.1 Å². The van der Waals surface area contributed by atoms with Crippen LogP contribution in [0.4, 0.5) is 0 Å². The van der Waals surface area contributed by atoms with Gasteiger partial charge in [0.1, 0.15) is 5.75 Å². The third kappa shape index (κ3) is 4.54. The van der Waals surface area contributed by atoms with E-state index in [-0.39, 0.29) is 10.8 Å². The summed E-state index contributed by atoms with van der Waals surface area (Å²) in [4.78, 5) is 12.8. The van der Waals surface area contributed by atoms with Crippen LogP contribution in [0, 0.1) is 6.92 Å². The number of nitrogens with zero attached hydrogens (tertiary/aromatic N) is 1. The number of carbonyl (C=O) groups is 1. The van der Waals surface area contributed by atoms with E-state index in [1.807, 2.05) is 31.2 Å². The molecule has 1 heterocycles. The van der Waals surface area contributed by atoms with Gasteiger partial charge in [0.25, 0.3) is 5.91 Å². The molecule has 1 amide bonds. The summed E-state index contributed by atoms with van der Waals surface area (Å²) in [7, 11) is -3.56. The van der Waals surface area contributed by atoms with E-state index in [0.29, 0.717) is 37.4 Å². The van der Waals surface area contributed by atoms with E-state index in [1.54, 1.807) is 19.1 Å². The third-order valence-electron chi connectivity index (χ3n) is 4.82. The van der Waals surface area contributed by atoms with Crippen molar-refractivity contribution >= 4 is 15.9 Å². The lowest BCUT2D eigenvalue weighted by Gasteiger charge is -2.18. The number of sulfonamides is 1. The molecule has 1 aliphatic rings. The molecule has 1 aliphatic heterocycles. The van der Waals surface area contributed by atoms with Crippen LogP contribution in [-0.4, -0.2) is 38.3 Å². The summed E-state index contributed by atoms with van der Waals surface area (Å²) < 4.78 is 32.7. The van der Waals surface area contributed by atoms with Crippen molar-refractivity contribution in [2.24, 2.45) is 0 Å². The highest BCUT2D eigenvalue weighted by molar-refractivity contribution is 7.89. The van der Waals surface area contributed by atoms with E-state index in [2.05, 4.69) is 5.32 Å². The fourth-order valence-corrected chi connectivity index (χ4v) is 5.01. The van der Waals surface area contributed by atoms with Gasteiger partial charge in [-0.1, -0.05) is 18.2 Å². The molecule has 28 heavy (non-hydrogen) atoms. The molecule has 2 aromatic carbocycles. The Bertz CT molecular complexity index is 933. The van der Waals surface area contributed by atoms with E-state index in [1.165, 1.54) is 10.4 Å². The maximum absolute atomic E-state index is 12.9. The van der Waals surface area contributed by atoms with E-state index >= 15 is 0 Å². The zero-order valence-corrected chi connectivity index (χ0v) is 17.1. The Morgan fingerprint density at radius 1 is 1.11 bits per heavy atom. The van der Waals surface area contributed by atoms with Crippen molar-refractivity contribution in [1.29, 1.82) is 0 Å². The lowest BCUT2D eigenvalue weighted by atomic mass is 10.1. The smallest absolute Gasteiger partial charge is 0.251 e. The minimum atomic E-state index is -3.56. The standard InChI is InChI=1S/C21H26N2O4S/c1-3-27-19-10-7-17(8-11-19)15-22-21(24)18-9-6-16(2)20(14-18)28(25,26)23-12-4-5-13-23/h6-11,14H,3-5,12-13,15H2,1-2H3,(H,22,24). The molecule has 7 heteroatoms. The number of amides is 1. The average molecular weight is 403 g/mol. The van der Waals surface area contributed by atoms with Crippen molar-refractivity contribution in [3.05, 3.63) is 59.2 Å². The van der Waals surface area contributed by atoms with E-state index in [4.69, 9.17) is 4.74 Å². The summed E-state index contributed by atoms with van der Waals surface area (Å²) in [6, 6.07) is 12.3. The quantitative estimate of drug-likeness (QED) is 0.772. The van der Waals surface area contributed by atoms with Crippen LogP contribution in [0.3, 0.4) is 0 Å². The Balaban J connectivity index is 1.72. The van der Waals surface area contributed by atoms with Gasteiger partial charge in [-0.3, -0.25) is 4.79 Å². The normalized spacial score (nSPS) is 14.8. The van der Waals surface area contributed by atoms with Gasteiger partial charge in [0.15, 0.2) is 0 Å². The van der Waals surface area contributed by atoms with Crippen molar-refractivity contribution in [1.82, 2.24) is 9.62 Å². The number of hydrogen-bond acceptors (Lipinski definition) is 4. The Hall–Kier alpha value is -2.38. The summed E-state index contributed by atoms with van der Waals surface area (Å²) >= 11 is 0. The molecule has 3 rings (SSSR count). The topological polar surface area (TPSA) is 75.7 Å². The van der Waals surface area contributed by atoms with Crippen LogP contribution in [0.25, 0.3) is 0 Å². The molecule has 0 aliphatic carbocycles. The highest BCUT2D eigenvalue weighted by Crippen LogP contribution is 2.24. The zero-order valence-electron chi connectivity index (χ0n) is 16.3. The van der Waals surface area contributed by atoms with Gasteiger partial charge in [0.05, 0.1) is 11.5 Å². The second kappa shape index (κ2) is 8.75. The SMILES string of the molecule is CCOc1ccc(CNC(=O)c2ccc(C)c(S(=O)(=O)N3CCCC3)c2)cc1. The van der Waals surface area contributed by atoms with Crippen molar-refractivity contribution in [3.63, 3.8) is 0 Å². The van der Waals surface area contributed by atoms with E-state index in [0.717, 1.165) is 24.2 Å². The van der Waals surface area contributed by atoms with Crippen LogP contribution < -0.4 is 10.1 Å². The van der Waals surface area contributed by atoms with Gasteiger partial charge in [-0.05, 0) is 62.1 Å². The van der Waals surface area contributed by atoms with Crippen LogP contribution in [0.2, 0.25) is 0 Å². The summed E-state index contributed by atoms with van der Waals surface area (Å²) in [6.07, 6.45) is 1.75. The number of benzene rings is 2. The molecule has 150 valence electrons. The third-order valence-corrected chi connectivity index (χ3v) is 6.86. The van der Waals surface area contributed by atoms with Gasteiger partial charge in [-0.2, -0.15) is 4.31 Å². The number of rotatable bonds is 7.